The molecule has 1 aliphatic heterocycles. The first-order valence-corrected chi connectivity index (χ1v) is 17.0. The Balaban J connectivity index is 1.11. The van der Waals surface area contributed by atoms with Crippen molar-refractivity contribution >= 4 is 45.0 Å². The van der Waals surface area contributed by atoms with Crippen molar-refractivity contribution in [3.8, 4) is 22.6 Å². The van der Waals surface area contributed by atoms with Crippen LogP contribution in [-0.4, -0.2) is 39.8 Å². The minimum Gasteiger partial charge on any atom is -0.497 e. The smallest absolute Gasteiger partial charge is 0.128 e. The molecule has 0 saturated carbocycles. The third-order valence-electron chi connectivity index (χ3n) is 8.62. The van der Waals surface area contributed by atoms with Gasteiger partial charge >= 0.3 is 0 Å². The molecule has 0 saturated heterocycles. The van der Waals surface area contributed by atoms with E-state index in [-0.39, 0.29) is 12.4 Å². The van der Waals surface area contributed by atoms with Crippen molar-refractivity contribution in [3.63, 3.8) is 0 Å². The van der Waals surface area contributed by atoms with Gasteiger partial charge < -0.3 is 23.9 Å². The molecule has 0 unspecified atom stereocenters. The van der Waals surface area contributed by atoms with E-state index in [0.717, 1.165) is 79.2 Å². The van der Waals surface area contributed by atoms with Crippen LogP contribution in [0.3, 0.4) is 0 Å². The van der Waals surface area contributed by atoms with Gasteiger partial charge in [-0.2, -0.15) is 5.10 Å². The first kappa shape index (κ1) is 31.6. The molecule has 0 atom stereocenters. The van der Waals surface area contributed by atoms with Gasteiger partial charge in [-0.1, -0.05) is 23.7 Å². The molecular formula is C37H35ClFN3O4S. The number of aryl methyl sites for hydroxylation is 2. The summed E-state index contributed by atoms with van der Waals surface area (Å²) in [6.45, 7) is 4.78. The lowest BCUT2D eigenvalue weighted by Crippen LogP contribution is -2.17. The summed E-state index contributed by atoms with van der Waals surface area (Å²) in [7, 11) is 1.66. The van der Waals surface area contributed by atoms with Crippen LogP contribution in [0.2, 0.25) is 5.02 Å². The summed E-state index contributed by atoms with van der Waals surface area (Å²) in [6.07, 6.45) is 2.90. The van der Waals surface area contributed by atoms with E-state index in [4.69, 9.17) is 25.8 Å². The van der Waals surface area contributed by atoms with Gasteiger partial charge in [0.15, 0.2) is 0 Å². The Bertz CT molecular complexity index is 2080. The van der Waals surface area contributed by atoms with E-state index in [9.17, 15) is 9.50 Å². The molecule has 0 bridgehead atoms. The predicted octanol–water partition coefficient (Wildman–Crippen LogP) is 8.55. The lowest BCUT2D eigenvalue weighted by atomic mass is 9.97. The Morgan fingerprint density at radius 1 is 1.06 bits per heavy atom. The molecule has 0 fully saturated rings. The van der Waals surface area contributed by atoms with Crippen molar-refractivity contribution in [3.05, 3.63) is 106 Å². The largest absolute Gasteiger partial charge is 0.497 e. The fourth-order valence-electron chi connectivity index (χ4n) is 6.39. The summed E-state index contributed by atoms with van der Waals surface area (Å²) in [6, 6.07) is 20.9. The number of hydrogen-bond acceptors (Lipinski definition) is 6. The number of thioether (sulfide) groups is 1. The van der Waals surface area contributed by atoms with Crippen molar-refractivity contribution in [1.82, 2.24) is 14.3 Å². The van der Waals surface area contributed by atoms with Gasteiger partial charge in [0.1, 0.15) is 17.3 Å². The number of halogens is 2. The highest BCUT2D eigenvalue weighted by atomic mass is 35.5. The summed E-state index contributed by atoms with van der Waals surface area (Å²) in [4.78, 5) is 1.01. The molecule has 0 radical (unpaired) electrons. The zero-order valence-electron chi connectivity index (χ0n) is 26.3. The van der Waals surface area contributed by atoms with Crippen molar-refractivity contribution in [2.24, 2.45) is 0 Å². The Labute approximate surface area is 281 Å². The van der Waals surface area contributed by atoms with Gasteiger partial charge in [0.05, 0.1) is 51.5 Å². The Morgan fingerprint density at radius 3 is 2.72 bits per heavy atom. The lowest BCUT2D eigenvalue weighted by molar-refractivity contribution is 0.0803. The minimum atomic E-state index is -0.273. The molecule has 10 heteroatoms. The Kier molecular flexibility index (Phi) is 9.14. The van der Waals surface area contributed by atoms with E-state index in [2.05, 4.69) is 34.9 Å². The number of benzene rings is 4. The van der Waals surface area contributed by atoms with Gasteiger partial charge in [-0.3, -0.25) is 4.68 Å². The van der Waals surface area contributed by atoms with Crippen molar-refractivity contribution < 1.29 is 23.7 Å². The van der Waals surface area contributed by atoms with Crippen LogP contribution >= 0.6 is 23.4 Å². The van der Waals surface area contributed by atoms with E-state index >= 15 is 0 Å². The molecule has 2 aromatic heterocycles. The second-order valence-electron chi connectivity index (χ2n) is 11.6. The first-order valence-electron chi connectivity index (χ1n) is 15.6. The van der Waals surface area contributed by atoms with Crippen molar-refractivity contribution in [2.45, 2.75) is 50.3 Å². The zero-order chi connectivity index (χ0) is 32.5. The molecule has 0 aliphatic carbocycles. The van der Waals surface area contributed by atoms with Gasteiger partial charge in [-0.25, -0.2) is 4.39 Å². The van der Waals surface area contributed by atoms with Gasteiger partial charge in [0.2, 0.25) is 0 Å². The zero-order valence-corrected chi connectivity index (χ0v) is 27.8. The van der Waals surface area contributed by atoms with Crippen LogP contribution in [-0.2, 0) is 36.8 Å². The summed E-state index contributed by atoms with van der Waals surface area (Å²) in [5.74, 6) is 2.06. The third-order valence-corrected chi connectivity index (χ3v) is 9.98. The number of ether oxygens (including phenoxy) is 3. The standard InChI is InChI=1S/C37H35ClFN3O4S/c1-23-19-41(32-11-10-30(38)36(35(23)32)37-31(20-43)40-42-13-15-45-21-33(37)42)12-3-14-46-34-18-28(17-25-16-26(39)6-9-29(25)34)47-22-24-4-7-27(44-2)8-5-24/h4-11,16-19,43H,3,12-15,20-22H2,1-2H3. The van der Waals surface area contributed by atoms with E-state index in [0.29, 0.717) is 37.1 Å². The number of hydrogen-bond donors (Lipinski definition) is 1. The van der Waals surface area contributed by atoms with Gasteiger partial charge in [0.25, 0.3) is 0 Å². The molecule has 6 aromatic rings. The normalized spacial score (nSPS) is 13.0. The Morgan fingerprint density at radius 2 is 1.91 bits per heavy atom. The molecule has 0 amide bonds. The molecule has 7 rings (SSSR count). The fraction of sp³-hybridized carbons (Fsp3) is 0.270. The van der Waals surface area contributed by atoms with E-state index < -0.39 is 0 Å². The van der Waals surface area contributed by atoms with Crippen LogP contribution in [0.1, 0.15) is 28.9 Å². The van der Waals surface area contributed by atoms with E-state index in [1.165, 1.54) is 11.6 Å². The second kappa shape index (κ2) is 13.6. The second-order valence-corrected chi connectivity index (χ2v) is 13.1. The summed E-state index contributed by atoms with van der Waals surface area (Å²) in [5.41, 5.74) is 6.61. The summed E-state index contributed by atoms with van der Waals surface area (Å²) >= 11 is 8.55. The number of methoxy groups -OCH3 is 1. The molecule has 1 aliphatic rings. The van der Waals surface area contributed by atoms with Crippen LogP contribution in [0.4, 0.5) is 4.39 Å². The number of rotatable bonds is 11. The van der Waals surface area contributed by atoms with Gasteiger partial charge in [-0.15, -0.1) is 11.8 Å². The van der Waals surface area contributed by atoms with Crippen molar-refractivity contribution in [1.29, 1.82) is 0 Å². The third kappa shape index (κ3) is 6.33. The highest BCUT2D eigenvalue weighted by Crippen LogP contribution is 2.42. The van der Waals surface area contributed by atoms with Crippen LogP contribution in [0, 0.1) is 12.7 Å². The average molecular weight is 672 g/mol. The van der Waals surface area contributed by atoms with Crippen LogP contribution < -0.4 is 9.47 Å². The number of aromatic nitrogens is 3. The highest BCUT2D eigenvalue weighted by Gasteiger charge is 2.26. The number of nitrogens with zero attached hydrogens (tertiary/aromatic N) is 3. The maximum absolute atomic E-state index is 14.2. The van der Waals surface area contributed by atoms with Crippen molar-refractivity contribution in [2.75, 3.05) is 20.3 Å². The SMILES string of the molecule is COc1ccc(CSc2cc(OCCCn3cc(C)c4c(-c5c(CO)nn6c5COCC6)c(Cl)ccc43)c3ccc(F)cc3c2)cc1. The van der Waals surface area contributed by atoms with Gasteiger partial charge in [0, 0.05) is 55.8 Å². The molecule has 4 aromatic carbocycles. The first-order chi connectivity index (χ1) is 22.9. The van der Waals surface area contributed by atoms with Gasteiger partial charge in [-0.05, 0) is 84.5 Å². The molecule has 7 nitrogen and oxygen atoms in total. The summed E-state index contributed by atoms with van der Waals surface area (Å²) < 4.78 is 35.8. The number of aliphatic hydroxyl groups is 1. The average Bonchev–Trinajstić information content (AvgIpc) is 3.62. The van der Waals surface area contributed by atoms with Crippen LogP contribution in [0.15, 0.2) is 77.8 Å². The Hall–Kier alpha value is -4.02. The highest BCUT2D eigenvalue weighted by molar-refractivity contribution is 7.98. The molecule has 242 valence electrons. The number of aliphatic hydroxyl groups excluding tert-OH is 1. The molecular weight excluding hydrogens is 637 g/mol. The van der Waals surface area contributed by atoms with E-state index in [1.54, 1.807) is 31.0 Å². The molecule has 1 N–H and O–H groups in total. The monoisotopic (exact) mass is 671 g/mol. The maximum Gasteiger partial charge on any atom is 0.128 e. The fourth-order valence-corrected chi connectivity index (χ4v) is 7.57. The topological polar surface area (TPSA) is 70.7 Å². The number of fused-ring (bicyclic) bond motifs is 3. The molecule has 0 spiro atoms. The molecule has 47 heavy (non-hydrogen) atoms. The molecule has 3 heterocycles. The maximum atomic E-state index is 14.2. The summed E-state index contributed by atoms with van der Waals surface area (Å²) in [5, 5.41) is 18.2. The predicted molar refractivity (Wildman–Crippen MR) is 185 cm³/mol. The lowest BCUT2D eigenvalue weighted by Gasteiger charge is -2.17. The quantitative estimate of drug-likeness (QED) is 0.110. The van der Waals surface area contributed by atoms with Crippen LogP contribution in [0.5, 0.6) is 11.5 Å². The minimum absolute atomic E-state index is 0.179. The van der Waals surface area contributed by atoms with E-state index in [1.807, 2.05) is 41.1 Å². The van der Waals surface area contributed by atoms with Crippen LogP contribution in [0.25, 0.3) is 32.8 Å².